The molecule has 6 heteroatoms. The summed E-state index contributed by atoms with van der Waals surface area (Å²) in [5.41, 5.74) is 0.718. The molecule has 1 aromatic carbocycles. The second kappa shape index (κ2) is 8.05. The lowest BCUT2D eigenvalue weighted by atomic mass is 9.48. The van der Waals surface area contributed by atoms with E-state index in [4.69, 9.17) is 0 Å². The van der Waals surface area contributed by atoms with Crippen molar-refractivity contribution in [1.82, 2.24) is 5.32 Å². The maximum Gasteiger partial charge on any atom is 0.279 e. The Labute approximate surface area is 172 Å². The molecule has 2 amide bonds. The first-order chi connectivity index (χ1) is 13.8. The van der Waals surface area contributed by atoms with Crippen LogP contribution in [0.3, 0.4) is 0 Å². The van der Waals surface area contributed by atoms with E-state index in [0.29, 0.717) is 5.69 Å². The molecule has 4 saturated carbocycles. The second-order valence-electron chi connectivity index (χ2n) is 9.94. The lowest BCUT2D eigenvalue weighted by Gasteiger charge is -2.59. The fourth-order valence-corrected chi connectivity index (χ4v) is 6.54. The van der Waals surface area contributed by atoms with Gasteiger partial charge < -0.3 is 15.5 Å². The number of benzene rings is 1. The molecule has 4 aliphatic rings. The number of carbonyl (C=O) groups is 2. The van der Waals surface area contributed by atoms with Gasteiger partial charge in [-0.2, -0.15) is 0 Å². The van der Waals surface area contributed by atoms with E-state index in [1.165, 1.54) is 50.7 Å². The smallest absolute Gasteiger partial charge is 0.279 e. The van der Waals surface area contributed by atoms with Gasteiger partial charge in [0.1, 0.15) is 5.82 Å². The van der Waals surface area contributed by atoms with Gasteiger partial charge in [-0.05, 0) is 86.8 Å². The van der Waals surface area contributed by atoms with Crippen molar-refractivity contribution in [1.29, 1.82) is 0 Å². The maximum atomic E-state index is 13.2. The molecule has 29 heavy (non-hydrogen) atoms. The average Bonchev–Trinajstić information content (AvgIpc) is 2.59. The van der Waals surface area contributed by atoms with Crippen LogP contribution >= 0.6 is 0 Å². The Hall–Kier alpha value is -1.95. The first-order valence-electron chi connectivity index (χ1n) is 11.0. The second-order valence-corrected chi connectivity index (χ2v) is 9.94. The van der Waals surface area contributed by atoms with E-state index in [0.717, 1.165) is 22.7 Å². The molecule has 4 bridgehead atoms. The van der Waals surface area contributed by atoms with Crippen LogP contribution in [0.4, 0.5) is 10.1 Å². The lowest BCUT2D eigenvalue weighted by Crippen LogP contribution is -3.11. The van der Waals surface area contributed by atoms with Crippen LogP contribution in [0.2, 0.25) is 0 Å². The predicted octanol–water partition coefficient (Wildman–Crippen LogP) is 2.00. The molecule has 5 nitrogen and oxygen atoms in total. The molecule has 0 aliphatic heterocycles. The molecule has 0 saturated heterocycles. The van der Waals surface area contributed by atoms with Gasteiger partial charge >= 0.3 is 0 Å². The van der Waals surface area contributed by atoms with E-state index in [2.05, 4.69) is 17.6 Å². The highest BCUT2D eigenvalue weighted by Crippen LogP contribution is 2.61. The molecule has 1 aromatic rings. The highest BCUT2D eigenvalue weighted by atomic mass is 19.1. The van der Waals surface area contributed by atoms with Crippen molar-refractivity contribution in [2.45, 2.75) is 51.5 Å². The highest BCUT2D eigenvalue weighted by molar-refractivity contribution is 5.91. The van der Waals surface area contributed by atoms with E-state index >= 15 is 0 Å². The largest absolute Gasteiger partial charge is 0.348 e. The SMILES string of the molecule is C[C@H](NC(=O)C[NH+](C)CC(=O)Nc1cccc(F)c1)C12CC3CC(CC(C3)C1)C2. The summed E-state index contributed by atoms with van der Waals surface area (Å²) >= 11 is 0. The van der Waals surface area contributed by atoms with Gasteiger partial charge in [0.15, 0.2) is 13.1 Å². The molecule has 0 spiro atoms. The van der Waals surface area contributed by atoms with Crippen LogP contribution in [0.1, 0.15) is 45.4 Å². The van der Waals surface area contributed by atoms with Gasteiger partial charge in [0.25, 0.3) is 11.8 Å². The summed E-state index contributed by atoms with van der Waals surface area (Å²) in [4.78, 5) is 25.6. The number of carbonyl (C=O) groups excluding carboxylic acids is 2. The van der Waals surface area contributed by atoms with E-state index < -0.39 is 0 Å². The number of anilines is 1. The summed E-state index contributed by atoms with van der Waals surface area (Å²) in [7, 11) is 1.83. The van der Waals surface area contributed by atoms with Crippen molar-refractivity contribution < 1.29 is 18.9 Å². The molecule has 0 aromatic heterocycles. The van der Waals surface area contributed by atoms with Gasteiger partial charge in [-0.3, -0.25) is 9.59 Å². The summed E-state index contributed by atoms with van der Waals surface area (Å²) in [6.45, 7) is 2.60. The van der Waals surface area contributed by atoms with Crippen LogP contribution in [0.25, 0.3) is 0 Å². The zero-order chi connectivity index (χ0) is 20.6. The Kier molecular flexibility index (Phi) is 5.65. The summed E-state index contributed by atoms with van der Waals surface area (Å²) in [6, 6.07) is 6.02. The van der Waals surface area contributed by atoms with E-state index in [1.807, 2.05) is 7.05 Å². The quantitative estimate of drug-likeness (QED) is 0.653. The summed E-state index contributed by atoms with van der Waals surface area (Å²) in [6.07, 6.45) is 7.98. The highest BCUT2D eigenvalue weighted by Gasteiger charge is 2.53. The van der Waals surface area contributed by atoms with Crippen LogP contribution in [0.5, 0.6) is 0 Å². The molecule has 1 unspecified atom stereocenters. The van der Waals surface area contributed by atoms with E-state index in [9.17, 15) is 14.0 Å². The fourth-order valence-electron chi connectivity index (χ4n) is 6.54. The van der Waals surface area contributed by atoms with E-state index in [1.54, 1.807) is 12.1 Å². The van der Waals surface area contributed by atoms with Gasteiger partial charge in [0.2, 0.25) is 0 Å². The van der Waals surface area contributed by atoms with Crippen molar-refractivity contribution >= 4 is 17.5 Å². The minimum atomic E-state index is -0.387. The Morgan fingerprint density at radius 1 is 1.10 bits per heavy atom. The summed E-state index contributed by atoms with van der Waals surface area (Å²) in [5, 5.41) is 5.94. The Morgan fingerprint density at radius 3 is 2.28 bits per heavy atom. The number of quaternary nitrogens is 1. The van der Waals surface area contributed by atoms with Crippen LogP contribution in [0, 0.1) is 29.0 Å². The average molecular weight is 403 g/mol. The number of halogens is 1. The van der Waals surface area contributed by atoms with E-state index in [-0.39, 0.29) is 42.2 Å². The number of rotatable bonds is 7. The molecule has 0 heterocycles. The molecular formula is C23H33FN3O2+. The molecular weight excluding hydrogens is 369 g/mol. The van der Waals surface area contributed by atoms with Gasteiger partial charge in [-0.1, -0.05) is 6.07 Å². The molecule has 0 radical (unpaired) electrons. The first-order valence-corrected chi connectivity index (χ1v) is 11.0. The van der Waals surface area contributed by atoms with Crippen molar-refractivity contribution in [3.63, 3.8) is 0 Å². The lowest BCUT2D eigenvalue weighted by molar-refractivity contribution is -0.862. The summed E-state index contributed by atoms with van der Waals surface area (Å²) < 4.78 is 13.2. The van der Waals surface area contributed by atoms with Gasteiger partial charge in [0, 0.05) is 11.7 Å². The number of amides is 2. The molecule has 4 aliphatic carbocycles. The number of nitrogens with one attached hydrogen (secondary N) is 3. The zero-order valence-corrected chi connectivity index (χ0v) is 17.5. The monoisotopic (exact) mass is 402 g/mol. The third-order valence-electron chi connectivity index (χ3n) is 7.41. The third kappa shape index (κ3) is 4.63. The zero-order valence-electron chi connectivity index (χ0n) is 17.5. The number of likely N-dealkylation sites (N-methyl/N-ethyl adjacent to an activating group) is 1. The van der Waals surface area contributed by atoms with Crippen molar-refractivity contribution in [2.75, 3.05) is 25.5 Å². The van der Waals surface area contributed by atoms with Crippen molar-refractivity contribution in [3.05, 3.63) is 30.1 Å². The Balaban J connectivity index is 1.25. The van der Waals surface area contributed by atoms with Crippen LogP contribution in [-0.2, 0) is 9.59 Å². The molecule has 3 N–H and O–H groups in total. The molecule has 158 valence electrons. The van der Waals surface area contributed by atoms with Gasteiger partial charge in [0.05, 0.1) is 7.05 Å². The van der Waals surface area contributed by atoms with Gasteiger partial charge in [-0.15, -0.1) is 0 Å². The fraction of sp³-hybridized carbons (Fsp3) is 0.652. The molecule has 5 rings (SSSR count). The van der Waals surface area contributed by atoms with Crippen LogP contribution in [-0.4, -0.2) is 38.0 Å². The molecule has 4 fully saturated rings. The standard InChI is InChI=1S/C23H32FN3O2/c1-15(23-10-16-6-17(11-23)8-18(7-16)12-23)25-21(28)13-27(2)14-22(29)26-20-5-3-4-19(24)9-20/h3-5,9,15-18H,6-8,10-14H2,1-2H3,(H,25,28)(H,26,29)/p+1/t15-,16?,17?,18?,23?/m0/s1. The summed E-state index contributed by atoms with van der Waals surface area (Å²) in [5.74, 6) is 1.97. The predicted molar refractivity (Wildman–Crippen MR) is 110 cm³/mol. The van der Waals surface area contributed by atoms with Crippen LogP contribution in [0.15, 0.2) is 24.3 Å². The normalized spacial score (nSPS) is 31.9. The first kappa shape index (κ1) is 20.3. The third-order valence-corrected chi connectivity index (χ3v) is 7.41. The minimum Gasteiger partial charge on any atom is -0.348 e. The van der Waals surface area contributed by atoms with Crippen molar-refractivity contribution in [3.8, 4) is 0 Å². The van der Waals surface area contributed by atoms with Crippen LogP contribution < -0.4 is 15.5 Å². The number of hydrogen-bond donors (Lipinski definition) is 3. The Bertz CT molecular complexity index is 746. The minimum absolute atomic E-state index is 0.00398. The van der Waals surface area contributed by atoms with Gasteiger partial charge in [-0.25, -0.2) is 4.39 Å². The van der Waals surface area contributed by atoms with Crippen molar-refractivity contribution in [2.24, 2.45) is 23.2 Å². The number of hydrogen-bond acceptors (Lipinski definition) is 2. The topological polar surface area (TPSA) is 62.6 Å². The molecule has 2 atom stereocenters. The Morgan fingerprint density at radius 2 is 1.69 bits per heavy atom. The maximum absolute atomic E-state index is 13.2.